The van der Waals surface area contributed by atoms with E-state index < -0.39 is 9.84 Å². The van der Waals surface area contributed by atoms with Crippen LogP contribution in [0.3, 0.4) is 0 Å². The van der Waals surface area contributed by atoms with Crippen molar-refractivity contribution >= 4 is 15.8 Å². The van der Waals surface area contributed by atoms with Crippen LogP contribution < -0.4 is 9.64 Å². The van der Waals surface area contributed by atoms with Crippen molar-refractivity contribution in [3.8, 4) is 5.75 Å². The summed E-state index contributed by atoms with van der Waals surface area (Å²) >= 11 is 0. The van der Waals surface area contributed by atoms with Crippen molar-refractivity contribution in [3.63, 3.8) is 0 Å². The molecular formula is C21H30N4O3S. The zero-order chi connectivity index (χ0) is 21.2. The van der Waals surface area contributed by atoms with Gasteiger partial charge in [-0.15, -0.1) is 0 Å². The number of benzene rings is 1. The average molecular weight is 419 g/mol. The van der Waals surface area contributed by atoms with Gasteiger partial charge in [-0.25, -0.2) is 18.4 Å². The fourth-order valence-electron chi connectivity index (χ4n) is 3.40. The minimum absolute atomic E-state index is 0.165. The molecule has 8 heteroatoms. The molecule has 2 aromatic rings. The van der Waals surface area contributed by atoms with Gasteiger partial charge < -0.3 is 9.64 Å². The number of anilines is 1. The summed E-state index contributed by atoms with van der Waals surface area (Å²) in [6.07, 6.45) is 4.58. The van der Waals surface area contributed by atoms with Crippen LogP contribution in [0, 0.1) is 0 Å². The molecule has 0 bridgehead atoms. The molecule has 0 radical (unpaired) electrons. The van der Waals surface area contributed by atoms with Gasteiger partial charge in [0.15, 0.2) is 15.6 Å². The summed E-state index contributed by atoms with van der Waals surface area (Å²) in [7, 11) is -3.19. The molecule has 1 aliphatic heterocycles. The monoisotopic (exact) mass is 418 g/mol. The molecule has 158 valence electrons. The molecule has 1 aliphatic rings. The first-order chi connectivity index (χ1) is 13.5. The normalized spacial score (nSPS) is 18.7. The van der Waals surface area contributed by atoms with Crippen LogP contribution in [-0.2, 0) is 16.4 Å². The highest BCUT2D eigenvalue weighted by atomic mass is 32.2. The van der Waals surface area contributed by atoms with Gasteiger partial charge in [-0.2, -0.15) is 0 Å². The number of nitrogens with zero attached hydrogens (tertiary/aromatic N) is 4. The fraction of sp³-hybridized carbons (Fsp3) is 0.524. The average Bonchev–Trinajstić information content (AvgIpc) is 2.66. The Bertz CT molecular complexity index is 922. The van der Waals surface area contributed by atoms with Gasteiger partial charge in [0.05, 0.1) is 17.3 Å². The van der Waals surface area contributed by atoms with Crippen LogP contribution in [0.2, 0.25) is 0 Å². The number of ether oxygens (including phenoxy) is 1. The van der Waals surface area contributed by atoms with E-state index in [0.717, 1.165) is 31.1 Å². The van der Waals surface area contributed by atoms with Gasteiger partial charge in [0.1, 0.15) is 6.61 Å². The molecule has 1 saturated heterocycles. The Morgan fingerprint density at radius 2 is 1.72 bits per heavy atom. The molecule has 2 heterocycles. The van der Waals surface area contributed by atoms with Crippen LogP contribution >= 0.6 is 0 Å². The van der Waals surface area contributed by atoms with Crippen LogP contribution in [-0.4, -0.2) is 60.8 Å². The van der Waals surface area contributed by atoms with E-state index in [1.54, 1.807) is 36.7 Å². The van der Waals surface area contributed by atoms with Gasteiger partial charge >= 0.3 is 0 Å². The molecule has 1 aromatic heterocycles. The highest BCUT2D eigenvalue weighted by molar-refractivity contribution is 7.90. The smallest absolute Gasteiger partial charge is 0.225 e. The molecule has 0 aliphatic carbocycles. The molecule has 1 aromatic carbocycles. The highest BCUT2D eigenvalue weighted by Gasteiger charge is 2.31. The minimum Gasteiger partial charge on any atom is -0.486 e. The zero-order valence-electron chi connectivity index (χ0n) is 17.8. The second-order valence-corrected chi connectivity index (χ2v) is 10.6. The lowest BCUT2D eigenvalue weighted by Gasteiger charge is -2.45. The van der Waals surface area contributed by atoms with E-state index >= 15 is 0 Å². The largest absolute Gasteiger partial charge is 0.486 e. The molecule has 0 saturated carbocycles. The van der Waals surface area contributed by atoms with E-state index in [9.17, 15) is 8.42 Å². The first-order valence-corrected chi connectivity index (χ1v) is 11.7. The number of piperazine rings is 1. The predicted octanol–water partition coefficient (Wildman–Crippen LogP) is 2.77. The summed E-state index contributed by atoms with van der Waals surface area (Å²) in [6, 6.07) is 7.02. The second kappa shape index (κ2) is 8.28. The molecular weight excluding hydrogens is 388 g/mol. The number of rotatable bonds is 5. The summed E-state index contributed by atoms with van der Waals surface area (Å²) in [4.78, 5) is 14.0. The zero-order valence-corrected chi connectivity index (χ0v) is 18.6. The number of aromatic nitrogens is 2. The standard InChI is InChI=1S/C21H30N4O3S/c1-16-14-24(21(2,3)4)10-11-25(16)20-22-12-18(13-23-20)28-15-17-6-8-19(9-7-17)29(5,26)27/h6-9,12-13,16H,10-11,14-15H2,1-5H3/t16-/m1/s1. The molecule has 0 unspecified atom stereocenters. The first kappa shape index (κ1) is 21.5. The maximum Gasteiger partial charge on any atom is 0.225 e. The Labute approximate surface area is 173 Å². The lowest BCUT2D eigenvalue weighted by Crippen LogP contribution is -2.57. The first-order valence-electron chi connectivity index (χ1n) is 9.79. The highest BCUT2D eigenvalue weighted by Crippen LogP contribution is 2.23. The van der Waals surface area contributed by atoms with Gasteiger partial charge in [0.2, 0.25) is 5.95 Å². The third-order valence-electron chi connectivity index (χ3n) is 5.20. The summed E-state index contributed by atoms with van der Waals surface area (Å²) in [5.41, 5.74) is 1.05. The Balaban J connectivity index is 1.58. The molecule has 29 heavy (non-hydrogen) atoms. The molecule has 0 amide bonds. The van der Waals surface area contributed by atoms with E-state index in [4.69, 9.17) is 4.74 Å². The third kappa shape index (κ3) is 5.45. The fourth-order valence-corrected chi connectivity index (χ4v) is 4.03. The topological polar surface area (TPSA) is 75.6 Å². The Hall–Kier alpha value is -2.19. The van der Waals surface area contributed by atoms with Crippen molar-refractivity contribution in [3.05, 3.63) is 42.2 Å². The molecule has 7 nitrogen and oxygen atoms in total. The van der Waals surface area contributed by atoms with Crippen molar-refractivity contribution in [2.24, 2.45) is 0 Å². The van der Waals surface area contributed by atoms with Gasteiger partial charge in [-0.05, 0) is 45.4 Å². The SMILES string of the molecule is C[C@@H]1CN(C(C)(C)C)CCN1c1ncc(OCc2ccc(S(C)(=O)=O)cc2)cn1. The lowest BCUT2D eigenvalue weighted by molar-refractivity contribution is 0.111. The van der Waals surface area contributed by atoms with Crippen LogP contribution in [0.4, 0.5) is 5.95 Å². The Morgan fingerprint density at radius 1 is 1.10 bits per heavy atom. The van der Waals surface area contributed by atoms with E-state index in [2.05, 4.69) is 47.5 Å². The van der Waals surface area contributed by atoms with E-state index in [0.29, 0.717) is 23.3 Å². The summed E-state index contributed by atoms with van der Waals surface area (Å²) < 4.78 is 28.8. The maximum absolute atomic E-state index is 11.5. The van der Waals surface area contributed by atoms with Crippen LogP contribution in [0.15, 0.2) is 41.6 Å². The predicted molar refractivity (Wildman–Crippen MR) is 114 cm³/mol. The molecule has 0 N–H and O–H groups in total. The second-order valence-electron chi connectivity index (χ2n) is 8.58. The van der Waals surface area contributed by atoms with E-state index in [1.165, 1.54) is 6.26 Å². The lowest BCUT2D eigenvalue weighted by atomic mass is 10.0. The molecule has 1 atom stereocenters. The molecule has 1 fully saturated rings. The third-order valence-corrected chi connectivity index (χ3v) is 6.33. The van der Waals surface area contributed by atoms with Crippen molar-refractivity contribution in [1.82, 2.24) is 14.9 Å². The molecule has 3 rings (SSSR count). The summed E-state index contributed by atoms with van der Waals surface area (Å²) in [6.45, 7) is 12.1. The van der Waals surface area contributed by atoms with E-state index in [-0.39, 0.29) is 5.54 Å². The van der Waals surface area contributed by atoms with Gasteiger partial charge in [-0.1, -0.05) is 12.1 Å². The van der Waals surface area contributed by atoms with E-state index in [1.807, 2.05) is 0 Å². The maximum atomic E-state index is 11.5. The van der Waals surface area contributed by atoms with Crippen molar-refractivity contribution in [2.75, 3.05) is 30.8 Å². The van der Waals surface area contributed by atoms with Crippen LogP contribution in [0.5, 0.6) is 5.75 Å². The van der Waals surface area contributed by atoms with Gasteiger partial charge in [0.25, 0.3) is 0 Å². The minimum atomic E-state index is -3.19. The Kier molecular flexibility index (Phi) is 6.14. The van der Waals surface area contributed by atoms with Crippen molar-refractivity contribution in [2.45, 2.75) is 50.8 Å². The number of sulfone groups is 1. The summed E-state index contributed by atoms with van der Waals surface area (Å²) in [5.74, 6) is 1.30. The van der Waals surface area contributed by atoms with Crippen molar-refractivity contribution in [1.29, 1.82) is 0 Å². The molecule has 0 spiro atoms. The van der Waals surface area contributed by atoms with Crippen LogP contribution in [0.25, 0.3) is 0 Å². The van der Waals surface area contributed by atoms with Crippen molar-refractivity contribution < 1.29 is 13.2 Å². The van der Waals surface area contributed by atoms with Gasteiger partial charge in [0, 0.05) is 37.5 Å². The van der Waals surface area contributed by atoms with Crippen LogP contribution in [0.1, 0.15) is 33.3 Å². The quantitative estimate of drug-likeness (QED) is 0.739. The Morgan fingerprint density at radius 3 is 2.24 bits per heavy atom. The summed E-state index contributed by atoms with van der Waals surface area (Å²) in [5, 5.41) is 0. The number of hydrogen-bond acceptors (Lipinski definition) is 7. The number of hydrogen-bond donors (Lipinski definition) is 0. The van der Waals surface area contributed by atoms with Gasteiger partial charge in [-0.3, -0.25) is 4.90 Å².